The maximum absolute atomic E-state index is 9.91. The molecule has 110 valence electrons. The third-order valence-corrected chi connectivity index (χ3v) is 3.91. The first-order valence-corrected chi connectivity index (χ1v) is 7.52. The Hall–Kier alpha value is -1.83. The average Bonchev–Trinajstić information content (AvgIpc) is 3.14. The zero-order valence-electron chi connectivity index (χ0n) is 11.3. The smallest absolute Gasteiger partial charge is 0.195 e. The summed E-state index contributed by atoms with van der Waals surface area (Å²) in [6, 6.07) is 9.36. The van der Waals surface area contributed by atoms with Crippen molar-refractivity contribution in [1.29, 1.82) is 0 Å². The van der Waals surface area contributed by atoms with Crippen molar-refractivity contribution < 1.29 is 14.3 Å². The number of aliphatic hydroxyl groups is 1. The number of aliphatic hydroxyl groups excluding tert-OH is 1. The molecule has 3 aromatic rings. The molecule has 0 bridgehead atoms. The Kier molecular flexibility index (Phi) is 4.54. The van der Waals surface area contributed by atoms with E-state index in [2.05, 4.69) is 10.2 Å². The van der Waals surface area contributed by atoms with Gasteiger partial charge in [-0.3, -0.25) is 4.40 Å². The molecule has 0 fully saturated rings. The fourth-order valence-electron chi connectivity index (χ4n) is 1.83. The van der Waals surface area contributed by atoms with Gasteiger partial charge in [0.1, 0.15) is 12.4 Å². The maximum atomic E-state index is 9.91. The maximum Gasteiger partial charge on any atom is 0.195 e. The second-order valence-corrected chi connectivity index (χ2v) is 5.46. The molecule has 0 aliphatic heterocycles. The van der Waals surface area contributed by atoms with Crippen LogP contribution in [0, 0.1) is 0 Å². The minimum atomic E-state index is -0.568. The molecule has 3 rings (SSSR count). The van der Waals surface area contributed by atoms with Gasteiger partial charge in [0.25, 0.3) is 0 Å². The number of furan rings is 1. The number of pyridine rings is 1. The van der Waals surface area contributed by atoms with Crippen molar-refractivity contribution in [2.75, 3.05) is 12.4 Å². The second-order valence-electron chi connectivity index (χ2n) is 4.47. The molecule has 0 unspecified atom stereocenters. The van der Waals surface area contributed by atoms with Gasteiger partial charge in [-0.25, -0.2) is 0 Å². The van der Waals surface area contributed by atoms with E-state index in [1.165, 1.54) is 11.8 Å². The second kappa shape index (κ2) is 6.75. The molecule has 6 nitrogen and oxygen atoms in total. The molecule has 3 aromatic heterocycles. The van der Waals surface area contributed by atoms with Gasteiger partial charge in [-0.05, 0) is 24.3 Å². The number of nitrogens with zero attached hydrogens (tertiary/aromatic N) is 3. The molecule has 0 aliphatic carbocycles. The quantitative estimate of drug-likeness (QED) is 0.673. The highest BCUT2D eigenvalue weighted by molar-refractivity contribution is 7.99. The Labute approximate surface area is 125 Å². The SMILES string of the molecule is O[C@H](COCc1ccco1)CSc1nnc2ccccn12. The minimum Gasteiger partial charge on any atom is -0.467 e. The lowest BCUT2D eigenvalue weighted by atomic mass is 10.4. The molecule has 0 saturated carbocycles. The van der Waals surface area contributed by atoms with Gasteiger partial charge in [-0.2, -0.15) is 0 Å². The number of rotatable bonds is 7. The first-order chi connectivity index (χ1) is 10.3. The van der Waals surface area contributed by atoms with Crippen molar-refractivity contribution in [3.05, 3.63) is 48.6 Å². The molecule has 0 aliphatic rings. The van der Waals surface area contributed by atoms with Crippen LogP contribution in [0.15, 0.2) is 52.4 Å². The molecular weight excluding hydrogens is 290 g/mol. The summed E-state index contributed by atoms with van der Waals surface area (Å²) in [5, 5.41) is 18.8. The topological polar surface area (TPSA) is 72.8 Å². The van der Waals surface area contributed by atoms with Gasteiger partial charge in [0, 0.05) is 11.9 Å². The average molecular weight is 305 g/mol. The van der Waals surface area contributed by atoms with Gasteiger partial charge in [0.2, 0.25) is 0 Å². The summed E-state index contributed by atoms with van der Waals surface area (Å²) in [5.74, 6) is 1.24. The molecule has 0 aromatic carbocycles. The molecule has 1 N–H and O–H groups in total. The summed E-state index contributed by atoms with van der Waals surface area (Å²) in [4.78, 5) is 0. The number of hydrogen-bond acceptors (Lipinski definition) is 6. The van der Waals surface area contributed by atoms with Gasteiger partial charge in [-0.15, -0.1) is 10.2 Å². The molecule has 0 radical (unpaired) electrons. The van der Waals surface area contributed by atoms with Crippen LogP contribution in [0.3, 0.4) is 0 Å². The van der Waals surface area contributed by atoms with Gasteiger partial charge in [-0.1, -0.05) is 17.8 Å². The zero-order chi connectivity index (χ0) is 14.5. The summed E-state index contributed by atoms with van der Waals surface area (Å²) in [6.07, 6.45) is 2.93. The fraction of sp³-hybridized carbons (Fsp3) is 0.286. The normalized spacial score (nSPS) is 12.8. The van der Waals surface area contributed by atoms with Crippen molar-refractivity contribution in [3.8, 4) is 0 Å². The molecular formula is C14H15N3O3S. The van der Waals surface area contributed by atoms with E-state index in [1.807, 2.05) is 34.9 Å². The van der Waals surface area contributed by atoms with E-state index in [4.69, 9.17) is 9.15 Å². The lowest BCUT2D eigenvalue weighted by molar-refractivity contribution is 0.0328. The number of thioether (sulfide) groups is 1. The molecule has 0 saturated heterocycles. The Morgan fingerprint density at radius 2 is 2.24 bits per heavy atom. The van der Waals surface area contributed by atoms with E-state index >= 15 is 0 Å². The largest absolute Gasteiger partial charge is 0.467 e. The number of hydrogen-bond donors (Lipinski definition) is 1. The van der Waals surface area contributed by atoms with Crippen LogP contribution in [0.4, 0.5) is 0 Å². The highest BCUT2D eigenvalue weighted by Gasteiger charge is 2.10. The van der Waals surface area contributed by atoms with Gasteiger partial charge in [0.15, 0.2) is 10.8 Å². The van der Waals surface area contributed by atoms with Crippen LogP contribution in [0.2, 0.25) is 0 Å². The van der Waals surface area contributed by atoms with Crippen molar-refractivity contribution in [1.82, 2.24) is 14.6 Å². The van der Waals surface area contributed by atoms with E-state index in [9.17, 15) is 5.11 Å². The first-order valence-electron chi connectivity index (χ1n) is 6.53. The van der Waals surface area contributed by atoms with Crippen LogP contribution in [-0.2, 0) is 11.3 Å². The van der Waals surface area contributed by atoms with E-state index < -0.39 is 6.10 Å². The first kappa shape index (κ1) is 14.1. The summed E-state index contributed by atoms with van der Waals surface area (Å²) < 4.78 is 12.4. The highest BCUT2D eigenvalue weighted by atomic mass is 32.2. The predicted molar refractivity (Wildman–Crippen MR) is 78.1 cm³/mol. The van der Waals surface area contributed by atoms with Crippen LogP contribution >= 0.6 is 11.8 Å². The molecule has 21 heavy (non-hydrogen) atoms. The lowest BCUT2D eigenvalue weighted by Crippen LogP contribution is -2.18. The van der Waals surface area contributed by atoms with Gasteiger partial charge in [0.05, 0.1) is 19.0 Å². The number of ether oxygens (including phenoxy) is 1. The predicted octanol–water partition coefficient (Wildman–Crippen LogP) is 1.99. The minimum absolute atomic E-state index is 0.254. The third-order valence-electron chi connectivity index (χ3n) is 2.82. The fourth-order valence-corrected chi connectivity index (χ4v) is 2.66. The number of fused-ring (bicyclic) bond motifs is 1. The standard InChI is InChI=1S/C14H15N3O3S/c18-11(8-19-9-12-4-3-7-20-12)10-21-14-16-15-13-5-1-2-6-17(13)14/h1-7,11,18H,8-10H2/t11-/m1/s1. The zero-order valence-corrected chi connectivity index (χ0v) is 12.1. The van der Waals surface area contributed by atoms with Gasteiger partial charge < -0.3 is 14.3 Å². The Morgan fingerprint density at radius 3 is 3.10 bits per heavy atom. The van der Waals surface area contributed by atoms with Crippen molar-refractivity contribution in [2.24, 2.45) is 0 Å². The summed E-state index contributed by atoms with van der Waals surface area (Å²) in [6.45, 7) is 0.618. The van der Waals surface area contributed by atoms with Crippen LogP contribution in [0.25, 0.3) is 5.65 Å². The van der Waals surface area contributed by atoms with Crippen LogP contribution < -0.4 is 0 Å². The number of aromatic nitrogens is 3. The van der Waals surface area contributed by atoms with Crippen molar-refractivity contribution in [2.45, 2.75) is 17.9 Å². The van der Waals surface area contributed by atoms with E-state index in [1.54, 1.807) is 12.3 Å². The Balaban J connectivity index is 1.46. The third kappa shape index (κ3) is 3.63. The Bertz CT molecular complexity index is 684. The Morgan fingerprint density at radius 1 is 1.29 bits per heavy atom. The van der Waals surface area contributed by atoms with E-state index in [-0.39, 0.29) is 6.61 Å². The van der Waals surface area contributed by atoms with Crippen LogP contribution in [-0.4, -0.2) is 38.2 Å². The molecule has 0 spiro atoms. The highest BCUT2D eigenvalue weighted by Crippen LogP contribution is 2.17. The van der Waals surface area contributed by atoms with Crippen LogP contribution in [0.5, 0.6) is 0 Å². The van der Waals surface area contributed by atoms with Crippen LogP contribution in [0.1, 0.15) is 5.76 Å². The molecule has 1 atom stereocenters. The van der Waals surface area contributed by atoms with Crippen molar-refractivity contribution >= 4 is 17.4 Å². The summed E-state index contributed by atoms with van der Waals surface area (Å²) in [5.41, 5.74) is 0.795. The molecule has 7 heteroatoms. The summed E-state index contributed by atoms with van der Waals surface area (Å²) >= 11 is 1.45. The lowest BCUT2D eigenvalue weighted by Gasteiger charge is -2.09. The monoisotopic (exact) mass is 305 g/mol. The molecule has 0 amide bonds. The van der Waals surface area contributed by atoms with Crippen molar-refractivity contribution in [3.63, 3.8) is 0 Å². The van der Waals surface area contributed by atoms with E-state index in [0.717, 1.165) is 16.6 Å². The van der Waals surface area contributed by atoms with E-state index in [0.29, 0.717) is 12.4 Å². The summed E-state index contributed by atoms with van der Waals surface area (Å²) in [7, 11) is 0. The van der Waals surface area contributed by atoms with Gasteiger partial charge >= 0.3 is 0 Å². The molecule has 3 heterocycles.